The molecular formula is C18H20O. The van der Waals surface area contributed by atoms with Gasteiger partial charge in [-0.25, -0.2) is 0 Å². The molecule has 0 bridgehead atoms. The molecule has 19 heavy (non-hydrogen) atoms. The van der Waals surface area contributed by atoms with Gasteiger partial charge < -0.3 is 4.74 Å². The number of rotatable bonds is 5. The van der Waals surface area contributed by atoms with Crippen LogP contribution >= 0.6 is 0 Å². The number of hydrogen-bond donors (Lipinski definition) is 0. The van der Waals surface area contributed by atoms with Crippen molar-refractivity contribution in [3.8, 4) is 0 Å². The molecule has 0 spiro atoms. The summed E-state index contributed by atoms with van der Waals surface area (Å²) in [5, 5.41) is 0. The Kier molecular flexibility index (Phi) is 4.53. The summed E-state index contributed by atoms with van der Waals surface area (Å²) < 4.78 is 5.87. The number of hydrogen-bond acceptors (Lipinski definition) is 1. The van der Waals surface area contributed by atoms with Gasteiger partial charge in [-0.2, -0.15) is 0 Å². The molecule has 0 N–H and O–H groups in total. The predicted molar refractivity (Wildman–Crippen MR) is 81.0 cm³/mol. The molecule has 0 aromatic heterocycles. The van der Waals surface area contributed by atoms with E-state index < -0.39 is 0 Å². The van der Waals surface area contributed by atoms with Gasteiger partial charge in [-0.3, -0.25) is 0 Å². The fourth-order valence-electron chi connectivity index (χ4n) is 1.92. The van der Waals surface area contributed by atoms with Gasteiger partial charge in [0.1, 0.15) is 0 Å². The van der Waals surface area contributed by atoms with E-state index in [1.165, 1.54) is 11.1 Å². The first kappa shape index (κ1) is 13.6. The molecule has 2 rings (SSSR count). The molecule has 0 aliphatic carbocycles. The van der Waals surface area contributed by atoms with E-state index in [1.54, 1.807) is 0 Å². The minimum atomic E-state index is 0.0865. The molecule has 0 radical (unpaired) electrons. The van der Waals surface area contributed by atoms with Crippen molar-refractivity contribution in [2.75, 3.05) is 6.61 Å². The van der Waals surface area contributed by atoms with E-state index >= 15 is 0 Å². The quantitative estimate of drug-likeness (QED) is 0.743. The van der Waals surface area contributed by atoms with Crippen LogP contribution in [0.2, 0.25) is 0 Å². The Morgan fingerprint density at radius 1 is 1.05 bits per heavy atom. The second-order valence-corrected chi connectivity index (χ2v) is 4.83. The molecule has 0 heterocycles. The van der Waals surface area contributed by atoms with Crippen molar-refractivity contribution in [3.63, 3.8) is 0 Å². The zero-order valence-electron chi connectivity index (χ0n) is 11.6. The Bertz CT molecular complexity index is 525. The van der Waals surface area contributed by atoms with Gasteiger partial charge in [0.15, 0.2) is 0 Å². The highest BCUT2D eigenvalue weighted by Crippen LogP contribution is 2.20. The van der Waals surface area contributed by atoms with Crippen LogP contribution in [0, 0.1) is 6.92 Å². The van der Waals surface area contributed by atoms with E-state index in [9.17, 15) is 0 Å². The molecule has 0 saturated heterocycles. The topological polar surface area (TPSA) is 9.23 Å². The maximum absolute atomic E-state index is 5.87. The van der Waals surface area contributed by atoms with Crippen molar-refractivity contribution in [2.24, 2.45) is 0 Å². The van der Waals surface area contributed by atoms with Crippen LogP contribution in [0.5, 0.6) is 0 Å². The van der Waals surface area contributed by atoms with E-state index in [0.29, 0.717) is 6.61 Å². The molecular weight excluding hydrogens is 232 g/mol. The monoisotopic (exact) mass is 252 g/mol. The lowest BCUT2D eigenvalue weighted by Crippen LogP contribution is -2.03. The number of aryl methyl sites for hydroxylation is 1. The second-order valence-electron chi connectivity index (χ2n) is 4.83. The van der Waals surface area contributed by atoms with Crippen molar-refractivity contribution in [1.82, 2.24) is 0 Å². The van der Waals surface area contributed by atoms with Crippen molar-refractivity contribution in [1.29, 1.82) is 0 Å². The molecule has 0 fully saturated rings. The van der Waals surface area contributed by atoms with Crippen LogP contribution in [0.15, 0.2) is 61.2 Å². The van der Waals surface area contributed by atoms with Crippen molar-refractivity contribution < 1.29 is 4.74 Å². The van der Waals surface area contributed by atoms with Crippen LogP contribution in [0.1, 0.15) is 29.7 Å². The average Bonchev–Trinajstić information content (AvgIpc) is 2.46. The van der Waals surface area contributed by atoms with Crippen LogP contribution in [0.4, 0.5) is 0 Å². The van der Waals surface area contributed by atoms with Crippen molar-refractivity contribution in [3.05, 3.63) is 77.9 Å². The molecule has 0 aliphatic rings. The highest BCUT2D eigenvalue weighted by Gasteiger charge is 2.06. The summed E-state index contributed by atoms with van der Waals surface area (Å²) in [6.07, 6.45) is 0.0865. The Morgan fingerprint density at radius 2 is 1.68 bits per heavy atom. The Morgan fingerprint density at radius 3 is 2.32 bits per heavy atom. The van der Waals surface area contributed by atoms with Gasteiger partial charge in [0.25, 0.3) is 0 Å². The maximum atomic E-state index is 5.87. The Balaban J connectivity index is 1.92. The molecule has 1 unspecified atom stereocenters. The minimum absolute atomic E-state index is 0.0865. The third-order valence-corrected chi connectivity index (χ3v) is 3.24. The van der Waals surface area contributed by atoms with E-state index in [4.69, 9.17) is 4.74 Å². The summed E-state index contributed by atoms with van der Waals surface area (Å²) in [4.78, 5) is 0. The Hall–Kier alpha value is -1.86. The van der Waals surface area contributed by atoms with Gasteiger partial charge in [-0.15, -0.1) is 0 Å². The lowest BCUT2D eigenvalue weighted by Gasteiger charge is -2.15. The van der Waals surface area contributed by atoms with Gasteiger partial charge in [0.05, 0.1) is 12.7 Å². The minimum Gasteiger partial charge on any atom is -0.369 e. The lowest BCUT2D eigenvalue weighted by molar-refractivity contribution is 0.0928. The zero-order chi connectivity index (χ0) is 13.7. The highest BCUT2D eigenvalue weighted by atomic mass is 16.5. The van der Waals surface area contributed by atoms with Crippen LogP contribution < -0.4 is 0 Å². The summed E-state index contributed by atoms with van der Waals surface area (Å²) in [7, 11) is 0. The van der Waals surface area contributed by atoms with E-state index in [1.807, 2.05) is 18.2 Å². The fraction of sp³-hybridized carbons (Fsp3) is 0.222. The fourth-order valence-corrected chi connectivity index (χ4v) is 1.92. The summed E-state index contributed by atoms with van der Waals surface area (Å²) >= 11 is 0. The number of ether oxygens (including phenoxy) is 1. The van der Waals surface area contributed by atoms with Crippen LogP contribution in [-0.4, -0.2) is 6.61 Å². The summed E-state index contributed by atoms with van der Waals surface area (Å²) in [6, 6.07) is 18.6. The van der Waals surface area contributed by atoms with Gasteiger partial charge in [0, 0.05) is 0 Å². The number of benzene rings is 2. The average molecular weight is 252 g/mol. The summed E-state index contributed by atoms with van der Waals surface area (Å²) in [6.45, 7) is 8.80. The largest absolute Gasteiger partial charge is 0.369 e. The second kappa shape index (κ2) is 6.35. The first-order valence-corrected chi connectivity index (χ1v) is 6.58. The molecule has 1 heteroatoms. The van der Waals surface area contributed by atoms with Crippen LogP contribution in [0.25, 0.3) is 5.57 Å². The van der Waals surface area contributed by atoms with Crippen LogP contribution in [-0.2, 0) is 4.74 Å². The van der Waals surface area contributed by atoms with E-state index in [-0.39, 0.29) is 6.10 Å². The molecule has 1 nitrogen and oxygen atoms in total. The molecule has 98 valence electrons. The van der Waals surface area contributed by atoms with Crippen LogP contribution in [0.3, 0.4) is 0 Å². The molecule has 2 aromatic rings. The molecule has 0 aliphatic heterocycles. The van der Waals surface area contributed by atoms with Crippen molar-refractivity contribution >= 4 is 5.57 Å². The standard InChI is InChI=1S/C18H20O/c1-14-9-11-17(12-10-14)15(2)13-19-16(3)18-7-5-4-6-8-18/h4-12,16H,2,13H2,1,3H3. The normalized spacial score (nSPS) is 12.1. The lowest BCUT2D eigenvalue weighted by atomic mass is 10.1. The molecule has 0 saturated carbocycles. The summed E-state index contributed by atoms with van der Waals surface area (Å²) in [5.74, 6) is 0. The first-order chi connectivity index (χ1) is 9.16. The van der Waals surface area contributed by atoms with Gasteiger partial charge in [-0.1, -0.05) is 66.7 Å². The SMILES string of the molecule is C=C(COC(C)c1ccccc1)c1ccc(C)cc1. The highest BCUT2D eigenvalue weighted by molar-refractivity contribution is 5.64. The molecule has 0 amide bonds. The third kappa shape index (κ3) is 3.80. The first-order valence-electron chi connectivity index (χ1n) is 6.58. The molecule has 1 atom stereocenters. The predicted octanol–water partition coefficient (Wildman–Crippen LogP) is 4.79. The van der Waals surface area contributed by atoms with Gasteiger partial charge >= 0.3 is 0 Å². The molecule has 2 aromatic carbocycles. The zero-order valence-corrected chi connectivity index (χ0v) is 11.6. The van der Waals surface area contributed by atoms with E-state index in [2.05, 4.69) is 56.8 Å². The van der Waals surface area contributed by atoms with Gasteiger partial charge in [0.2, 0.25) is 0 Å². The summed E-state index contributed by atoms with van der Waals surface area (Å²) in [5.41, 5.74) is 4.61. The maximum Gasteiger partial charge on any atom is 0.0801 e. The smallest absolute Gasteiger partial charge is 0.0801 e. The van der Waals surface area contributed by atoms with E-state index in [0.717, 1.165) is 11.1 Å². The van der Waals surface area contributed by atoms with Gasteiger partial charge in [-0.05, 0) is 30.5 Å². The Labute approximate surface area is 115 Å². The third-order valence-electron chi connectivity index (χ3n) is 3.24. The van der Waals surface area contributed by atoms with Crippen molar-refractivity contribution in [2.45, 2.75) is 20.0 Å².